The van der Waals surface area contributed by atoms with Gasteiger partial charge < -0.3 is 31.3 Å². The van der Waals surface area contributed by atoms with Gasteiger partial charge in [-0.2, -0.15) is 0 Å². The molecule has 39 heavy (non-hydrogen) atoms. The van der Waals surface area contributed by atoms with Crippen molar-refractivity contribution in [2.24, 2.45) is 11.1 Å². The van der Waals surface area contributed by atoms with Crippen LogP contribution < -0.4 is 16.4 Å². The lowest BCUT2D eigenvalue weighted by atomic mass is 9.68. The number of benzene rings is 2. The maximum absolute atomic E-state index is 15.6. The van der Waals surface area contributed by atoms with E-state index in [1.807, 2.05) is 0 Å². The number of halogens is 4. The fourth-order valence-electron chi connectivity index (χ4n) is 5.22. The van der Waals surface area contributed by atoms with Crippen molar-refractivity contribution in [2.45, 2.75) is 56.3 Å². The number of rotatable bonds is 10. The first-order valence-electron chi connectivity index (χ1n) is 12.4. The number of methoxy groups -OCH3 is 1. The van der Waals surface area contributed by atoms with Crippen LogP contribution in [0.2, 0.25) is 10.0 Å². The zero-order valence-corrected chi connectivity index (χ0v) is 23.3. The molecule has 0 radical (unpaired) electrons. The van der Waals surface area contributed by atoms with Gasteiger partial charge in [0.15, 0.2) is 0 Å². The van der Waals surface area contributed by atoms with Gasteiger partial charge in [-0.15, -0.1) is 0 Å². The van der Waals surface area contributed by atoms with Gasteiger partial charge in [0.2, 0.25) is 5.91 Å². The van der Waals surface area contributed by atoms with Gasteiger partial charge in [0.05, 0.1) is 41.8 Å². The molecule has 1 aliphatic heterocycles. The molecule has 1 heterocycles. The molecule has 2 aromatic rings. The molecule has 0 aromatic heterocycles. The van der Waals surface area contributed by atoms with E-state index in [4.69, 9.17) is 38.8 Å². The third-order valence-corrected chi connectivity index (χ3v) is 7.77. The Balaban J connectivity index is 2.21. The summed E-state index contributed by atoms with van der Waals surface area (Å²) in [5.74, 6) is -3.96. The van der Waals surface area contributed by atoms with E-state index >= 15 is 8.78 Å². The molecule has 5 atom stereocenters. The lowest BCUT2D eigenvalue weighted by Gasteiger charge is -2.40. The summed E-state index contributed by atoms with van der Waals surface area (Å²) >= 11 is 12.1. The molecule has 0 bridgehead atoms. The van der Waals surface area contributed by atoms with Gasteiger partial charge in [0, 0.05) is 29.1 Å². The maximum Gasteiger partial charge on any atom is 0.311 e. The van der Waals surface area contributed by atoms with Crippen molar-refractivity contribution in [1.29, 1.82) is 0 Å². The number of nitrogens with one attached hydrogen (secondary N) is 2. The topological polar surface area (TPSA) is 134 Å². The SMILES string of the molecule is COC(=O)C(C)(C)CC1NC(C(=O)NCCC(O)CO)C(c2cccc(Cl)c2F)C1(N)c1ccc(Cl)cc1F. The molecule has 8 nitrogen and oxygen atoms in total. The maximum atomic E-state index is 15.6. The first-order valence-corrected chi connectivity index (χ1v) is 13.1. The predicted molar refractivity (Wildman–Crippen MR) is 143 cm³/mol. The fourth-order valence-corrected chi connectivity index (χ4v) is 5.57. The van der Waals surface area contributed by atoms with Gasteiger partial charge >= 0.3 is 5.97 Å². The van der Waals surface area contributed by atoms with Crippen LogP contribution in [-0.4, -0.2) is 60.5 Å². The first kappa shape index (κ1) is 31.2. The van der Waals surface area contributed by atoms with Crippen LogP contribution in [0.1, 0.15) is 43.7 Å². The minimum atomic E-state index is -1.78. The number of nitrogens with two attached hydrogens (primary N) is 1. The largest absolute Gasteiger partial charge is 0.469 e. The highest BCUT2D eigenvalue weighted by molar-refractivity contribution is 6.31. The van der Waals surface area contributed by atoms with Crippen LogP contribution in [0.15, 0.2) is 36.4 Å². The summed E-state index contributed by atoms with van der Waals surface area (Å²) in [6.45, 7) is 2.75. The molecule has 0 saturated carbocycles. The van der Waals surface area contributed by atoms with Crippen molar-refractivity contribution >= 4 is 35.1 Å². The fraction of sp³-hybridized carbons (Fsp3) is 0.481. The van der Waals surface area contributed by atoms with Crippen molar-refractivity contribution in [3.05, 3.63) is 69.2 Å². The average Bonchev–Trinajstić information content (AvgIpc) is 3.16. The van der Waals surface area contributed by atoms with E-state index in [1.54, 1.807) is 13.8 Å². The molecule has 1 amide bonds. The van der Waals surface area contributed by atoms with Crippen LogP contribution in [0.5, 0.6) is 0 Å². The van der Waals surface area contributed by atoms with Crippen LogP contribution >= 0.6 is 23.2 Å². The minimum absolute atomic E-state index is 0.00527. The molecule has 1 aliphatic rings. The Morgan fingerprint density at radius 1 is 1.26 bits per heavy atom. The van der Waals surface area contributed by atoms with E-state index in [-0.39, 0.29) is 40.6 Å². The van der Waals surface area contributed by atoms with Crippen LogP contribution in [0.25, 0.3) is 0 Å². The molecule has 214 valence electrons. The molecule has 5 unspecified atom stereocenters. The molecule has 0 aliphatic carbocycles. The predicted octanol–water partition coefficient (Wildman–Crippen LogP) is 3.00. The number of amides is 1. The molecule has 0 spiro atoms. The van der Waals surface area contributed by atoms with Crippen LogP contribution in [0.3, 0.4) is 0 Å². The second kappa shape index (κ2) is 12.4. The molecule has 6 N–H and O–H groups in total. The lowest BCUT2D eigenvalue weighted by Crippen LogP contribution is -2.53. The van der Waals surface area contributed by atoms with Gasteiger partial charge in [0.1, 0.15) is 11.6 Å². The second-order valence-corrected chi connectivity index (χ2v) is 11.2. The Hall–Kier alpha value is -2.34. The Morgan fingerprint density at radius 2 is 1.95 bits per heavy atom. The van der Waals surface area contributed by atoms with Gasteiger partial charge in [-0.25, -0.2) is 8.78 Å². The number of aliphatic hydroxyl groups excluding tert-OH is 2. The summed E-state index contributed by atoms with van der Waals surface area (Å²) in [5, 5.41) is 24.4. The van der Waals surface area contributed by atoms with E-state index in [2.05, 4.69) is 10.6 Å². The molecular formula is C27H33Cl2F2N3O5. The van der Waals surface area contributed by atoms with Gasteiger partial charge in [-0.05, 0) is 50.5 Å². The van der Waals surface area contributed by atoms with Gasteiger partial charge in [-0.1, -0.05) is 41.4 Å². The Labute approximate surface area is 235 Å². The van der Waals surface area contributed by atoms with Crippen molar-refractivity contribution in [1.82, 2.24) is 10.6 Å². The van der Waals surface area contributed by atoms with Crippen LogP contribution in [0, 0.1) is 17.0 Å². The molecule has 1 fully saturated rings. The second-order valence-electron chi connectivity index (χ2n) is 10.4. The van der Waals surface area contributed by atoms with E-state index in [1.165, 1.54) is 37.4 Å². The highest BCUT2D eigenvalue weighted by atomic mass is 35.5. The summed E-state index contributed by atoms with van der Waals surface area (Å²) in [6, 6.07) is 6.00. The number of hydrogen-bond donors (Lipinski definition) is 5. The van der Waals surface area contributed by atoms with Crippen molar-refractivity contribution in [3.63, 3.8) is 0 Å². The number of hydrogen-bond acceptors (Lipinski definition) is 7. The summed E-state index contributed by atoms with van der Waals surface area (Å²) in [6.07, 6.45) is -0.999. The van der Waals surface area contributed by atoms with Gasteiger partial charge in [0.25, 0.3) is 0 Å². The molecule has 1 saturated heterocycles. The van der Waals surface area contributed by atoms with Crippen LogP contribution in [0.4, 0.5) is 8.78 Å². The highest BCUT2D eigenvalue weighted by Gasteiger charge is 2.59. The van der Waals surface area contributed by atoms with Gasteiger partial charge in [-0.3, -0.25) is 9.59 Å². The molecule has 3 rings (SSSR count). The van der Waals surface area contributed by atoms with E-state index < -0.39 is 65.2 Å². The van der Waals surface area contributed by atoms with Crippen molar-refractivity contribution < 1.29 is 33.3 Å². The number of esters is 1. The molecule has 12 heteroatoms. The zero-order chi connectivity index (χ0) is 29.1. The number of aliphatic hydroxyl groups is 2. The zero-order valence-electron chi connectivity index (χ0n) is 21.8. The molecular weight excluding hydrogens is 555 g/mol. The summed E-state index contributed by atoms with van der Waals surface area (Å²) in [4.78, 5) is 26.1. The van der Waals surface area contributed by atoms with Crippen molar-refractivity contribution in [3.8, 4) is 0 Å². The standard InChI is InChI=1S/C27H33Cl2F2N3O5/c1-26(2,25(38)39-3)12-20-27(32,17-8-7-14(28)11-19(17)30)21(16-5-4-6-18(29)22(16)31)23(34-20)24(37)33-10-9-15(36)13-35/h4-8,11,15,20-21,23,34-36H,9-10,12-13,32H2,1-3H3,(H,33,37). The number of ether oxygens (including phenoxy) is 1. The average molecular weight is 588 g/mol. The Morgan fingerprint density at radius 3 is 2.56 bits per heavy atom. The minimum Gasteiger partial charge on any atom is -0.469 e. The van der Waals surface area contributed by atoms with E-state index in [0.717, 1.165) is 6.07 Å². The lowest BCUT2D eigenvalue weighted by molar-refractivity contribution is -0.151. The third-order valence-electron chi connectivity index (χ3n) is 7.24. The van der Waals surface area contributed by atoms with Crippen molar-refractivity contribution in [2.75, 3.05) is 20.3 Å². The van der Waals surface area contributed by atoms with E-state index in [9.17, 15) is 14.7 Å². The quantitative estimate of drug-likeness (QED) is 0.270. The number of carbonyl (C=O) groups excluding carboxylic acids is 2. The number of carbonyl (C=O) groups is 2. The molecule has 2 aromatic carbocycles. The summed E-state index contributed by atoms with van der Waals surface area (Å²) in [5.41, 5.74) is 4.11. The van der Waals surface area contributed by atoms with E-state index in [0.29, 0.717) is 0 Å². The summed E-state index contributed by atoms with van der Waals surface area (Å²) < 4.78 is 36.1. The monoisotopic (exact) mass is 587 g/mol. The third kappa shape index (κ3) is 6.37. The van der Waals surface area contributed by atoms with Crippen LogP contribution in [-0.2, 0) is 19.9 Å². The Bertz CT molecular complexity index is 1220. The summed E-state index contributed by atoms with van der Waals surface area (Å²) in [7, 11) is 1.24. The smallest absolute Gasteiger partial charge is 0.311 e. The normalized spacial score (nSPS) is 23.9. The first-order chi connectivity index (χ1) is 18.3. The highest BCUT2D eigenvalue weighted by Crippen LogP contribution is 2.50. The Kier molecular flexibility index (Phi) is 9.96.